The van der Waals surface area contributed by atoms with Gasteiger partial charge in [0.05, 0.1) is 10.7 Å². The molecule has 2 N–H and O–H groups in total. The number of nitrogens with zero attached hydrogens (tertiary/aromatic N) is 2. The monoisotopic (exact) mass is 317 g/mol. The van der Waals surface area contributed by atoms with E-state index >= 15 is 0 Å². The third-order valence-electron chi connectivity index (χ3n) is 3.60. The van der Waals surface area contributed by atoms with Crippen LogP contribution in [0.3, 0.4) is 0 Å². The number of benzene rings is 1. The van der Waals surface area contributed by atoms with Gasteiger partial charge in [0.25, 0.3) is 0 Å². The van der Waals surface area contributed by atoms with Crippen molar-refractivity contribution in [2.24, 2.45) is 0 Å². The van der Waals surface area contributed by atoms with E-state index in [4.69, 9.17) is 17.3 Å². The van der Waals surface area contributed by atoms with Gasteiger partial charge in [-0.25, -0.2) is 8.42 Å². The van der Waals surface area contributed by atoms with Gasteiger partial charge in [-0.05, 0) is 26.0 Å². The van der Waals surface area contributed by atoms with Crippen LogP contribution in [0, 0.1) is 0 Å². The summed E-state index contributed by atoms with van der Waals surface area (Å²) in [7, 11) is -3.62. The molecule has 20 heavy (non-hydrogen) atoms. The summed E-state index contributed by atoms with van der Waals surface area (Å²) in [6.45, 7) is 6.59. The molecule has 5 nitrogen and oxygen atoms in total. The molecule has 1 aliphatic heterocycles. The van der Waals surface area contributed by atoms with Crippen molar-refractivity contribution >= 4 is 27.3 Å². The van der Waals surface area contributed by atoms with Crippen LogP contribution in [0.1, 0.15) is 13.8 Å². The minimum atomic E-state index is -3.62. The topological polar surface area (TPSA) is 66.6 Å². The number of hydrogen-bond acceptors (Lipinski definition) is 4. The van der Waals surface area contributed by atoms with E-state index in [0.717, 1.165) is 13.1 Å². The Balaban J connectivity index is 2.25. The van der Waals surface area contributed by atoms with Crippen molar-refractivity contribution in [1.82, 2.24) is 9.21 Å². The van der Waals surface area contributed by atoms with Gasteiger partial charge in [0, 0.05) is 32.2 Å². The van der Waals surface area contributed by atoms with E-state index < -0.39 is 10.0 Å². The van der Waals surface area contributed by atoms with Gasteiger partial charge < -0.3 is 5.73 Å². The summed E-state index contributed by atoms with van der Waals surface area (Å²) in [4.78, 5) is 2.28. The van der Waals surface area contributed by atoms with Crippen LogP contribution in [0.5, 0.6) is 0 Å². The Labute approximate surface area is 125 Å². The summed E-state index contributed by atoms with van der Waals surface area (Å²) in [5, 5.41) is 0.177. The van der Waals surface area contributed by atoms with Crippen molar-refractivity contribution in [2.75, 3.05) is 31.9 Å². The van der Waals surface area contributed by atoms with Crippen molar-refractivity contribution < 1.29 is 8.42 Å². The number of sulfonamides is 1. The van der Waals surface area contributed by atoms with Crippen LogP contribution in [0.2, 0.25) is 5.02 Å². The van der Waals surface area contributed by atoms with E-state index in [9.17, 15) is 8.42 Å². The molecular weight excluding hydrogens is 298 g/mol. The summed E-state index contributed by atoms with van der Waals surface area (Å²) in [6.07, 6.45) is 0. The van der Waals surface area contributed by atoms with Crippen molar-refractivity contribution in [3.63, 3.8) is 0 Å². The lowest BCUT2D eigenvalue weighted by molar-refractivity contribution is 0.154. The maximum Gasteiger partial charge on any atom is 0.246 e. The molecule has 1 heterocycles. The highest BCUT2D eigenvalue weighted by Crippen LogP contribution is 2.30. The van der Waals surface area contributed by atoms with Crippen LogP contribution in [0.25, 0.3) is 0 Å². The molecule has 1 aromatic rings. The highest BCUT2D eigenvalue weighted by Gasteiger charge is 2.31. The van der Waals surface area contributed by atoms with Crippen LogP contribution in [0.15, 0.2) is 23.1 Å². The second-order valence-electron chi connectivity index (χ2n) is 5.19. The Hall–Kier alpha value is -0.820. The fraction of sp³-hybridized carbons (Fsp3) is 0.538. The fourth-order valence-electron chi connectivity index (χ4n) is 2.39. The van der Waals surface area contributed by atoms with Gasteiger partial charge in [-0.3, -0.25) is 4.90 Å². The van der Waals surface area contributed by atoms with Gasteiger partial charge in [-0.1, -0.05) is 17.7 Å². The van der Waals surface area contributed by atoms with Crippen LogP contribution in [-0.2, 0) is 10.0 Å². The number of nitrogens with two attached hydrogens (primary N) is 1. The van der Waals surface area contributed by atoms with E-state index in [2.05, 4.69) is 18.7 Å². The summed E-state index contributed by atoms with van der Waals surface area (Å²) in [6, 6.07) is 5.18. The number of nitrogen functional groups attached to an aromatic ring is 1. The predicted molar refractivity (Wildman–Crippen MR) is 81.3 cm³/mol. The molecule has 0 saturated carbocycles. The minimum Gasteiger partial charge on any atom is -0.398 e. The van der Waals surface area contributed by atoms with E-state index in [1.54, 1.807) is 18.2 Å². The quantitative estimate of drug-likeness (QED) is 0.861. The van der Waals surface area contributed by atoms with Gasteiger partial charge in [-0.15, -0.1) is 0 Å². The Morgan fingerprint density at radius 1 is 1.20 bits per heavy atom. The first-order valence-corrected chi connectivity index (χ1v) is 8.44. The van der Waals surface area contributed by atoms with E-state index in [1.807, 2.05) is 0 Å². The summed E-state index contributed by atoms with van der Waals surface area (Å²) < 4.78 is 26.8. The van der Waals surface area contributed by atoms with Crippen LogP contribution < -0.4 is 5.73 Å². The molecule has 0 bridgehead atoms. The van der Waals surface area contributed by atoms with Crippen LogP contribution in [0.4, 0.5) is 5.69 Å². The third kappa shape index (κ3) is 2.93. The number of anilines is 1. The lowest BCUT2D eigenvalue weighted by Gasteiger charge is -2.36. The summed E-state index contributed by atoms with van der Waals surface area (Å²) >= 11 is 6.02. The van der Waals surface area contributed by atoms with Gasteiger partial charge in [0.2, 0.25) is 10.0 Å². The third-order valence-corrected chi connectivity index (χ3v) is 6.04. The Morgan fingerprint density at radius 3 is 2.30 bits per heavy atom. The molecule has 2 rings (SSSR count). The molecule has 1 aromatic carbocycles. The molecule has 0 unspecified atom stereocenters. The molecule has 0 aliphatic carbocycles. The zero-order valence-electron chi connectivity index (χ0n) is 11.7. The smallest absolute Gasteiger partial charge is 0.246 e. The summed E-state index contributed by atoms with van der Waals surface area (Å²) in [5.41, 5.74) is 5.99. The largest absolute Gasteiger partial charge is 0.398 e. The van der Waals surface area contributed by atoms with Crippen LogP contribution in [-0.4, -0.2) is 49.8 Å². The molecule has 112 valence electrons. The molecule has 0 spiro atoms. The number of halogens is 1. The molecular formula is C13H20ClN3O2S. The van der Waals surface area contributed by atoms with E-state index in [0.29, 0.717) is 19.1 Å². The number of rotatable bonds is 3. The van der Waals surface area contributed by atoms with Crippen molar-refractivity contribution in [2.45, 2.75) is 24.8 Å². The zero-order chi connectivity index (χ0) is 14.9. The average Bonchev–Trinajstić information content (AvgIpc) is 2.38. The SMILES string of the molecule is CC(C)N1CCN(S(=O)(=O)c2c(N)cccc2Cl)CC1. The van der Waals surface area contributed by atoms with Gasteiger partial charge in [0.1, 0.15) is 4.90 Å². The van der Waals surface area contributed by atoms with Crippen molar-refractivity contribution in [1.29, 1.82) is 0 Å². The summed E-state index contributed by atoms with van der Waals surface area (Å²) in [5.74, 6) is 0. The Kier molecular flexibility index (Phi) is 4.59. The predicted octanol–water partition coefficient (Wildman–Crippen LogP) is 1.64. The van der Waals surface area contributed by atoms with E-state index in [1.165, 1.54) is 4.31 Å². The molecule has 0 atom stereocenters. The normalized spacial score (nSPS) is 18.6. The first-order chi connectivity index (χ1) is 9.34. The highest BCUT2D eigenvalue weighted by atomic mass is 35.5. The fourth-order valence-corrected chi connectivity index (χ4v) is 4.44. The van der Waals surface area contributed by atoms with Crippen LogP contribution >= 0.6 is 11.6 Å². The number of piperazine rings is 1. The molecule has 0 radical (unpaired) electrons. The van der Waals surface area contributed by atoms with Crippen molar-refractivity contribution in [3.05, 3.63) is 23.2 Å². The number of hydrogen-bond donors (Lipinski definition) is 1. The van der Waals surface area contributed by atoms with Gasteiger partial charge in [0.15, 0.2) is 0 Å². The van der Waals surface area contributed by atoms with E-state index in [-0.39, 0.29) is 15.6 Å². The second kappa shape index (κ2) is 5.89. The maximum absolute atomic E-state index is 12.6. The molecule has 0 aromatic heterocycles. The average molecular weight is 318 g/mol. The molecule has 0 amide bonds. The highest BCUT2D eigenvalue weighted by molar-refractivity contribution is 7.89. The first kappa shape index (κ1) is 15.6. The first-order valence-electron chi connectivity index (χ1n) is 6.62. The standard InChI is InChI=1S/C13H20ClN3O2S/c1-10(2)16-6-8-17(9-7-16)20(18,19)13-11(14)4-3-5-12(13)15/h3-5,10H,6-9,15H2,1-2H3. The van der Waals surface area contributed by atoms with Crippen molar-refractivity contribution in [3.8, 4) is 0 Å². The molecule has 1 fully saturated rings. The lowest BCUT2D eigenvalue weighted by Crippen LogP contribution is -2.50. The Bertz CT molecular complexity index is 561. The zero-order valence-corrected chi connectivity index (χ0v) is 13.3. The minimum absolute atomic E-state index is 0.0275. The molecule has 1 saturated heterocycles. The Morgan fingerprint density at radius 2 is 1.80 bits per heavy atom. The maximum atomic E-state index is 12.6. The van der Waals surface area contributed by atoms with Gasteiger partial charge >= 0.3 is 0 Å². The van der Waals surface area contributed by atoms with Gasteiger partial charge in [-0.2, -0.15) is 4.31 Å². The lowest BCUT2D eigenvalue weighted by atomic mass is 10.3. The molecule has 1 aliphatic rings. The second-order valence-corrected chi connectivity index (χ2v) is 7.47. The molecule has 7 heteroatoms.